The number of halogens is 1. The Labute approximate surface area is 204 Å². The summed E-state index contributed by atoms with van der Waals surface area (Å²) < 4.78 is 32.7. The summed E-state index contributed by atoms with van der Waals surface area (Å²) in [6.07, 6.45) is 0.705. The van der Waals surface area contributed by atoms with Crippen LogP contribution in [0, 0.1) is 0 Å². The van der Waals surface area contributed by atoms with Gasteiger partial charge in [-0.1, -0.05) is 18.5 Å². The van der Waals surface area contributed by atoms with Crippen LogP contribution in [-0.4, -0.2) is 46.6 Å². The van der Waals surface area contributed by atoms with E-state index in [0.29, 0.717) is 16.7 Å². The summed E-state index contributed by atoms with van der Waals surface area (Å²) in [6.45, 7) is 1.70. The molecule has 13 heteroatoms. The molecule has 0 aliphatic carbocycles. The number of hydrogen-bond acceptors (Lipinski definition) is 8. The van der Waals surface area contributed by atoms with Crippen LogP contribution < -0.4 is 10.0 Å². The van der Waals surface area contributed by atoms with Crippen molar-refractivity contribution in [2.24, 2.45) is 0 Å². The SMILES string of the molecule is CCC(OC(=O)c1ccc2nc[nH]c2c1)C(=O)Nc1ccc(S(=O)(=O)Nc2ccc(Cl)nn2)cc1. The number of carbonyl (C=O) groups excluding carboxylic acids is 2. The molecule has 35 heavy (non-hydrogen) atoms. The van der Waals surface area contributed by atoms with Gasteiger partial charge in [0.2, 0.25) is 0 Å². The van der Waals surface area contributed by atoms with Crippen LogP contribution >= 0.6 is 11.6 Å². The van der Waals surface area contributed by atoms with Gasteiger partial charge in [0.25, 0.3) is 15.9 Å². The summed E-state index contributed by atoms with van der Waals surface area (Å²) in [4.78, 5) is 32.2. The van der Waals surface area contributed by atoms with Crippen molar-refractivity contribution in [1.82, 2.24) is 20.2 Å². The lowest BCUT2D eigenvalue weighted by molar-refractivity contribution is -0.124. The van der Waals surface area contributed by atoms with E-state index < -0.39 is 28.0 Å². The summed E-state index contributed by atoms with van der Waals surface area (Å²) in [5, 5.41) is 9.99. The van der Waals surface area contributed by atoms with Crippen molar-refractivity contribution in [2.75, 3.05) is 10.0 Å². The molecule has 0 aliphatic rings. The number of hydrogen-bond donors (Lipinski definition) is 3. The van der Waals surface area contributed by atoms with Crippen molar-refractivity contribution in [3.8, 4) is 0 Å². The van der Waals surface area contributed by atoms with E-state index in [2.05, 4.69) is 30.2 Å². The van der Waals surface area contributed by atoms with Gasteiger partial charge in [-0.2, -0.15) is 0 Å². The maximum atomic E-state index is 12.7. The molecule has 3 N–H and O–H groups in total. The summed E-state index contributed by atoms with van der Waals surface area (Å²) in [5.74, 6) is -1.19. The van der Waals surface area contributed by atoms with Crippen molar-refractivity contribution in [3.05, 3.63) is 71.6 Å². The van der Waals surface area contributed by atoms with Gasteiger partial charge >= 0.3 is 5.97 Å². The van der Waals surface area contributed by atoms with Gasteiger partial charge in [0.15, 0.2) is 17.1 Å². The number of imidazole rings is 1. The first-order valence-electron chi connectivity index (χ1n) is 10.3. The number of H-pyrrole nitrogens is 1. The minimum Gasteiger partial charge on any atom is -0.449 e. The molecule has 180 valence electrons. The second-order valence-electron chi connectivity index (χ2n) is 7.30. The summed E-state index contributed by atoms with van der Waals surface area (Å²) in [5.41, 5.74) is 1.98. The number of esters is 1. The lowest BCUT2D eigenvalue weighted by atomic mass is 10.2. The van der Waals surface area contributed by atoms with E-state index in [0.717, 1.165) is 0 Å². The molecule has 2 heterocycles. The molecule has 1 atom stereocenters. The number of ether oxygens (including phenoxy) is 1. The average Bonchev–Trinajstić information content (AvgIpc) is 3.32. The van der Waals surface area contributed by atoms with Gasteiger partial charge in [-0.15, -0.1) is 10.2 Å². The van der Waals surface area contributed by atoms with Crippen LogP contribution in [0.25, 0.3) is 11.0 Å². The number of anilines is 2. The number of aromatic nitrogens is 4. The van der Waals surface area contributed by atoms with E-state index in [1.54, 1.807) is 25.1 Å². The highest BCUT2D eigenvalue weighted by Gasteiger charge is 2.23. The predicted molar refractivity (Wildman–Crippen MR) is 129 cm³/mol. The van der Waals surface area contributed by atoms with E-state index >= 15 is 0 Å². The lowest BCUT2D eigenvalue weighted by Gasteiger charge is -2.16. The Morgan fingerprint density at radius 1 is 1.09 bits per heavy atom. The fraction of sp³-hybridized carbons (Fsp3) is 0.136. The number of fused-ring (bicyclic) bond motifs is 1. The van der Waals surface area contributed by atoms with Gasteiger partial charge in [0.1, 0.15) is 0 Å². The molecular weight excluding hydrogens is 496 g/mol. The zero-order valence-corrected chi connectivity index (χ0v) is 19.8. The summed E-state index contributed by atoms with van der Waals surface area (Å²) in [7, 11) is -3.94. The van der Waals surface area contributed by atoms with Crippen molar-refractivity contribution in [2.45, 2.75) is 24.3 Å². The smallest absolute Gasteiger partial charge is 0.338 e. The van der Waals surface area contributed by atoms with E-state index in [4.69, 9.17) is 16.3 Å². The maximum absolute atomic E-state index is 12.7. The Hall–Kier alpha value is -4.03. The summed E-state index contributed by atoms with van der Waals surface area (Å²) >= 11 is 5.65. The normalized spacial score (nSPS) is 12.2. The van der Waals surface area contributed by atoms with Gasteiger partial charge in [0.05, 0.1) is 27.8 Å². The second-order valence-corrected chi connectivity index (χ2v) is 9.37. The van der Waals surface area contributed by atoms with E-state index in [1.807, 2.05) is 0 Å². The number of carbonyl (C=O) groups is 2. The topological polar surface area (TPSA) is 156 Å². The molecule has 0 bridgehead atoms. The zero-order valence-electron chi connectivity index (χ0n) is 18.2. The van der Waals surface area contributed by atoms with E-state index in [9.17, 15) is 18.0 Å². The predicted octanol–water partition coefficient (Wildman–Crippen LogP) is 3.38. The Kier molecular flexibility index (Phi) is 6.94. The quantitative estimate of drug-likeness (QED) is 0.302. The number of sulfonamides is 1. The Balaban J connectivity index is 1.39. The highest BCUT2D eigenvalue weighted by molar-refractivity contribution is 7.92. The Morgan fingerprint density at radius 3 is 2.54 bits per heavy atom. The largest absolute Gasteiger partial charge is 0.449 e. The molecule has 0 fully saturated rings. The van der Waals surface area contributed by atoms with Crippen LogP contribution in [0.2, 0.25) is 5.15 Å². The van der Waals surface area contributed by atoms with Crippen molar-refractivity contribution in [1.29, 1.82) is 0 Å². The molecule has 1 amide bonds. The number of rotatable bonds is 8. The molecule has 1 unspecified atom stereocenters. The first kappa shape index (κ1) is 24.1. The molecule has 0 saturated carbocycles. The third-order valence-corrected chi connectivity index (χ3v) is 6.44. The van der Waals surface area contributed by atoms with Crippen LogP contribution in [0.15, 0.2) is 65.8 Å². The zero-order chi connectivity index (χ0) is 25.0. The fourth-order valence-electron chi connectivity index (χ4n) is 3.09. The monoisotopic (exact) mass is 514 g/mol. The van der Waals surface area contributed by atoms with Gasteiger partial charge < -0.3 is 15.0 Å². The van der Waals surface area contributed by atoms with Crippen molar-refractivity contribution in [3.63, 3.8) is 0 Å². The fourth-order valence-corrected chi connectivity index (χ4v) is 4.19. The molecule has 0 saturated heterocycles. The standard InChI is InChI=1S/C22H19ClN6O5S/c1-2-18(34-22(31)13-3-8-16-17(11-13)25-12-24-16)21(30)26-14-4-6-15(7-5-14)35(32,33)29-20-10-9-19(23)27-28-20/h3-12,18H,2H2,1H3,(H,24,25)(H,26,30)(H,28,29). The first-order valence-corrected chi connectivity index (χ1v) is 12.2. The molecular formula is C22H19ClN6O5S. The molecule has 2 aromatic carbocycles. The number of benzene rings is 2. The third kappa shape index (κ3) is 5.73. The molecule has 2 aromatic heterocycles. The number of nitrogens with zero attached hydrogens (tertiary/aromatic N) is 3. The Morgan fingerprint density at radius 2 is 1.86 bits per heavy atom. The number of aromatic amines is 1. The van der Waals surface area contributed by atoms with Gasteiger partial charge in [-0.05, 0) is 61.0 Å². The molecule has 11 nitrogen and oxygen atoms in total. The second kappa shape index (κ2) is 10.1. The summed E-state index contributed by atoms with van der Waals surface area (Å²) in [6, 6.07) is 13.1. The van der Waals surface area contributed by atoms with Gasteiger partial charge in [-0.3, -0.25) is 9.52 Å². The van der Waals surface area contributed by atoms with Crippen molar-refractivity contribution < 1.29 is 22.7 Å². The molecule has 4 aromatic rings. The highest BCUT2D eigenvalue weighted by atomic mass is 35.5. The van der Waals surface area contributed by atoms with E-state index in [1.165, 1.54) is 42.7 Å². The minimum atomic E-state index is -3.94. The molecule has 4 rings (SSSR count). The number of amides is 1. The van der Waals surface area contributed by atoms with Crippen LogP contribution in [0.4, 0.5) is 11.5 Å². The number of nitrogens with one attached hydrogen (secondary N) is 3. The van der Waals surface area contributed by atoms with Crippen LogP contribution in [0.5, 0.6) is 0 Å². The van der Waals surface area contributed by atoms with Crippen LogP contribution in [-0.2, 0) is 19.6 Å². The third-order valence-electron chi connectivity index (χ3n) is 4.87. The first-order chi connectivity index (χ1) is 16.7. The minimum absolute atomic E-state index is 0.00561. The molecule has 0 spiro atoms. The Bertz CT molecular complexity index is 1470. The lowest BCUT2D eigenvalue weighted by Crippen LogP contribution is -2.32. The van der Waals surface area contributed by atoms with Gasteiger partial charge in [-0.25, -0.2) is 18.2 Å². The molecule has 0 aliphatic heterocycles. The highest BCUT2D eigenvalue weighted by Crippen LogP contribution is 2.19. The average molecular weight is 515 g/mol. The molecule has 0 radical (unpaired) electrons. The van der Waals surface area contributed by atoms with Gasteiger partial charge in [0, 0.05) is 5.69 Å². The van der Waals surface area contributed by atoms with Crippen LogP contribution in [0.1, 0.15) is 23.7 Å². The van der Waals surface area contributed by atoms with E-state index in [-0.39, 0.29) is 27.9 Å². The van der Waals surface area contributed by atoms with Crippen molar-refractivity contribution >= 4 is 56.0 Å². The van der Waals surface area contributed by atoms with Crippen LogP contribution in [0.3, 0.4) is 0 Å². The maximum Gasteiger partial charge on any atom is 0.338 e.